The van der Waals surface area contributed by atoms with E-state index in [-0.39, 0.29) is 0 Å². The van der Waals surface area contributed by atoms with E-state index in [4.69, 9.17) is 4.42 Å². The fourth-order valence-corrected chi connectivity index (χ4v) is 1.80. The molecule has 1 N–H and O–H groups in total. The molecular weight excluding hydrogens is 202 g/mol. The number of hydrogen-bond donors (Lipinski definition) is 1. The second-order valence-corrected chi connectivity index (χ2v) is 4.01. The van der Waals surface area contributed by atoms with Crippen molar-refractivity contribution < 1.29 is 4.42 Å². The molecule has 2 heterocycles. The summed E-state index contributed by atoms with van der Waals surface area (Å²) in [7, 11) is 1.97. The van der Waals surface area contributed by atoms with Crippen LogP contribution in [-0.4, -0.2) is 9.78 Å². The fourth-order valence-electron chi connectivity index (χ4n) is 1.80. The van der Waals surface area contributed by atoms with Gasteiger partial charge in [0, 0.05) is 37.0 Å². The first kappa shape index (κ1) is 11.0. The highest BCUT2D eigenvalue weighted by Gasteiger charge is 2.08. The number of nitrogens with zero attached hydrogens (tertiary/aromatic N) is 2. The minimum atomic E-state index is 0.824. The zero-order valence-electron chi connectivity index (χ0n) is 9.95. The maximum Gasteiger partial charge on any atom is 0.0947 e. The molecule has 2 aromatic heterocycles. The Morgan fingerprint density at radius 1 is 1.38 bits per heavy atom. The molecule has 0 amide bonds. The number of rotatable bonds is 4. The van der Waals surface area contributed by atoms with Gasteiger partial charge in [0.1, 0.15) is 0 Å². The maximum atomic E-state index is 5.01. The molecule has 0 atom stereocenters. The Bertz CT molecular complexity index is 457. The summed E-state index contributed by atoms with van der Waals surface area (Å²) in [5, 5.41) is 7.77. The number of nitrogens with one attached hydrogen (secondary N) is 1. The standard InChI is InChI=1S/C12H17N3O/c1-9-12(10(2)15(3)14-9)7-13-6-11-4-5-16-8-11/h4-5,8,13H,6-7H2,1-3H3. The number of aryl methyl sites for hydroxylation is 2. The molecule has 0 saturated heterocycles. The Kier molecular flexibility index (Phi) is 3.10. The Labute approximate surface area is 95.3 Å². The molecule has 0 fully saturated rings. The first-order valence-corrected chi connectivity index (χ1v) is 5.39. The summed E-state index contributed by atoms with van der Waals surface area (Å²) in [6.07, 6.45) is 3.45. The molecule has 0 radical (unpaired) electrons. The van der Waals surface area contributed by atoms with Crippen molar-refractivity contribution >= 4 is 0 Å². The van der Waals surface area contributed by atoms with Gasteiger partial charge < -0.3 is 9.73 Å². The van der Waals surface area contributed by atoms with E-state index in [1.54, 1.807) is 12.5 Å². The molecule has 0 aromatic carbocycles. The van der Waals surface area contributed by atoms with Gasteiger partial charge in [0.15, 0.2) is 0 Å². The maximum absolute atomic E-state index is 5.01. The monoisotopic (exact) mass is 219 g/mol. The van der Waals surface area contributed by atoms with Crippen LogP contribution in [0, 0.1) is 13.8 Å². The smallest absolute Gasteiger partial charge is 0.0947 e. The van der Waals surface area contributed by atoms with Gasteiger partial charge in [0.2, 0.25) is 0 Å². The Hall–Kier alpha value is -1.55. The van der Waals surface area contributed by atoms with E-state index < -0.39 is 0 Å². The molecule has 16 heavy (non-hydrogen) atoms. The van der Waals surface area contributed by atoms with Crippen LogP contribution in [0.25, 0.3) is 0 Å². The Morgan fingerprint density at radius 2 is 2.19 bits per heavy atom. The molecule has 0 saturated carbocycles. The fraction of sp³-hybridized carbons (Fsp3) is 0.417. The second kappa shape index (κ2) is 4.53. The number of furan rings is 1. The van der Waals surface area contributed by atoms with Gasteiger partial charge in [-0.1, -0.05) is 0 Å². The summed E-state index contributed by atoms with van der Waals surface area (Å²) in [6.45, 7) is 5.80. The van der Waals surface area contributed by atoms with E-state index in [1.165, 1.54) is 16.8 Å². The van der Waals surface area contributed by atoms with E-state index in [2.05, 4.69) is 17.3 Å². The normalized spacial score (nSPS) is 10.9. The number of aromatic nitrogens is 2. The first-order valence-electron chi connectivity index (χ1n) is 5.39. The second-order valence-electron chi connectivity index (χ2n) is 4.01. The van der Waals surface area contributed by atoms with Gasteiger partial charge in [-0.05, 0) is 19.9 Å². The first-order chi connectivity index (χ1) is 7.68. The third kappa shape index (κ3) is 2.17. The average molecular weight is 219 g/mol. The Balaban J connectivity index is 1.95. The third-order valence-corrected chi connectivity index (χ3v) is 2.87. The highest BCUT2D eigenvalue weighted by molar-refractivity contribution is 5.24. The van der Waals surface area contributed by atoms with Crippen LogP contribution >= 0.6 is 0 Å². The van der Waals surface area contributed by atoms with Crippen LogP contribution in [0.15, 0.2) is 23.0 Å². The summed E-state index contributed by atoms with van der Waals surface area (Å²) < 4.78 is 6.93. The van der Waals surface area contributed by atoms with Gasteiger partial charge in [0.05, 0.1) is 18.2 Å². The van der Waals surface area contributed by atoms with Crippen molar-refractivity contribution in [3.8, 4) is 0 Å². The summed E-state index contributed by atoms with van der Waals surface area (Å²) in [4.78, 5) is 0. The zero-order chi connectivity index (χ0) is 11.5. The quantitative estimate of drug-likeness (QED) is 0.854. The van der Waals surface area contributed by atoms with E-state index in [0.717, 1.165) is 18.8 Å². The molecule has 4 heteroatoms. The molecule has 0 aliphatic rings. The van der Waals surface area contributed by atoms with Gasteiger partial charge in [-0.3, -0.25) is 4.68 Å². The molecule has 0 aliphatic heterocycles. The SMILES string of the molecule is Cc1nn(C)c(C)c1CNCc1ccoc1. The highest BCUT2D eigenvalue weighted by atomic mass is 16.3. The predicted molar refractivity (Wildman–Crippen MR) is 61.9 cm³/mol. The van der Waals surface area contributed by atoms with Crippen LogP contribution in [-0.2, 0) is 20.1 Å². The van der Waals surface area contributed by atoms with Crippen molar-refractivity contribution in [3.05, 3.63) is 41.1 Å². The lowest BCUT2D eigenvalue weighted by molar-refractivity contribution is 0.560. The van der Waals surface area contributed by atoms with Crippen molar-refractivity contribution in [3.63, 3.8) is 0 Å². The highest BCUT2D eigenvalue weighted by Crippen LogP contribution is 2.11. The lowest BCUT2D eigenvalue weighted by atomic mass is 10.2. The molecule has 86 valence electrons. The van der Waals surface area contributed by atoms with Crippen molar-refractivity contribution in [2.75, 3.05) is 0 Å². The lowest BCUT2D eigenvalue weighted by Gasteiger charge is -2.03. The largest absolute Gasteiger partial charge is 0.472 e. The Morgan fingerprint density at radius 3 is 2.75 bits per heavy atom. The van der Waals surface area contributed by atoms with Crippen molar-refractivity contribution in [1.82, 2.24) is 15.1 Å². The molecule has 0 bridgehead atoms. The zero-order valence-corrected chi connectivity index (χ0v) is 9.95. The van der Waals surface area contributed by atoms with Crippen molar-refractivity contribution in [1.29, 1.82) is 0 Å². The predicted octanol–water partition coefficient (Wildman–Crippen LogP) is 1.92. The summed E-state index contributed by atoms with van der Waals surface area (Å²) in [6, 6.07) is 1.97. The van der Waals surface area contributed by atoms with E-state index in [9.17, 15) is 0 Å². The molecule has 0 unspecified atom stereocenters. The average Bonchev–Trinajstić information content (AvgIpc) is 2.82. The molecule has 0 spiro atoms. The van der Waals surface area contributed by atoms with Crippen LogP contribution < -0.4 is 5.32 Å². The molecule has 4 nitrogen and oxygen atoms in total. The lowest BCUT2D eigenvalue weighted by Crippen LogP contribution is -2.13. The van der Waals surface area contributed by atoms with Gasteiger partial charge >= 0.3 is 0 Å². The van der Waals surface area contributed by atoms with E-state index in [0.29, 0.717) is 0 Å². The minimum Gasteiger partial charge on any atom is -0.472 e. The molecule has 2 aromatic rings. The van der Waals surface area contributed by atoms with Crippen LogP contribution in [0.2, 0.25) is 0 Å². The molecule has 0 aliphatic carbocycles. The number of hydrogen-bond acceptors (Lipinski definition) is 3. The summed E-state index contributed by atoms with van der Waals surface area (Å²) in [5.41, 5.74) is 4.77. The van der Waals surface area contributed by atoms with Crippen molar-refractivity contribution in [2.45, 2.75) is 26.9 Å². The van der Waals surface area contributed by atoms with Crippen LogP contribution in [0.3, 0.4) is 0 Å². The third-order valence-electron chi connectivity index (χ3n) is 2.87. The summed E-state index contributed by atoms with van der Waals surface area (Å²) in [5.74, 6) is 0. The minimum absolute atomic E-state index is 0.824. The van der Waals surface area contributed by atoms with Crippen LogP contribution in [0.1, 0.15) is 22.5 Å². The van der Waals surface area contributed by atoms with E-state index in [1.807, 2.05) is 24.7 Å². The molecule has 2 rings (SSSR count). The summed E-state index contributed by atoms with van der Waals surface area (Å²) >= 11 is 0. The van der Waals surface area contributed by atoms with Gasteiger partial charge in [0.25, 0.3) is 0 Å². The van der Waals surface area contributed by atoms with Crippen LogP contribution in [0.4, 0.5) is 0 Å². The van der Waals surface area contributed by atoms with Gasteiger partial charge in [-0.2, -0.15) is 5.10 Å². The van der Waals surface area contributed by atoms with Gasteiger partial charge in [-0.25, -0.2) is 0 Å². The molecular formula is C12H17N3O. The van der Waals surface area contributed by atoms with Crippen LogP contribution in [0.5, 0.6) is 0 Å². The topological polar surface area (TPSA) is 43.0 Å². The van der Waals surface area contributed by atoms with E-state index >= 15 is 0 Å². The van der Waals surface area contributed by atoms with Crippen molar-refractivity contribution in [2.24, 2.45) is 7.05 Å². The van der Waals surface area contributed by atoms with Gasteiger partial charge in [-0.15, -0.1) is 0 Å².